The van der Waals surface area contributed by atoms with E-state index in [9.17, 15) is 9.59 Å². The Bertz CT molecular complexity index is 588. The summed E-state index contributed by atoms with van der Waals surface area (Å²) in [4.78, 5) is 26.9. The van der Waals surface area contributed by atoms with Crippen molar-refractivity contribution in [1.82, 2.24) is 10.2 Å². The first kappa shape index (κ1) is 21.4. The van der Waals surface area contributed by atoms with Gasteiger partial charge in [0.25, 0.3) is 5.91 Å². The highest BCUT2D eigenvalue weighted by Crippen LogP contribution is 2.24. The zero-order valence-electron chi connectivity index (χ0n) is 17.1. The first-order chi connectivity index (χ1) is 13.0. The van der Waals surface area contributed by atoms with E-state index in [0.29, 0.717) is 23.8 Å². The van der Waals surface area contributed by atoms with Crippen LogP contribution in [-0.2, 0) is 4.79 Å². The molecule has 1 unspecified atom stereocenters. The molecule has 1 aromatic rings. The number of piperidine rings is 1. The van der Waals surface area contributed by atoms with Crippen molar-refractivity contribution in [3.63, 3.8) is 0 Å². The zero-order valence-corrected chi connectivity index (χ0v) is 17.1. The number of hydrogen-bond donors (Lipinski definition) is 2. The highest BCUT2D eigenvalue weighted by Gasteiger charge is 2.22. The summed E-state index contributed by atoms with van der Waals surface area (Å²) >= 11 is 0. The van der Waals surface area contributed by atoms with Crippen LogP contribution < -0.4 is 10.6 Å². The van der Waals surface area contributed by atoms with Crippen LogP contribution in [0.15, 0.2) is 24.3 Å². The SMILES string of the molecule is CCCN(CCC)C(=O)c1ccc(NC(=O)CC(C)C2CCNCC2)cc1. The van der Waals surface area contributed by atoms with Crippen molar-refractivity contribution in [3.8, 4) is 0 Å². The number of benzene rings is 1. The molecule has 5 heteroatoms. The van der Waals surface area contributed by atoms with Crippen molar-refractivity contribution in [1.29, 1.82) is 0 Å². The maximum absolute atomic E-state index is 12.6. The lowest BCUT2D eigenvalue weighted by Gasteiger charge is -2.27. The van der Waals surface area contributed by atoms with Crippen LogP contribution in [0.25, 0.3) is 0 Å². The minimum Gasteiger partial charge on any atom is -0.339 e. The van der Waals surface area contributed by atoms with Gasteiger partial charge in [0.15, 0.2) is 0 Å². The van der Waals surface area contributed by atoms with Gasteiger partial charge in [0.1, 0.15) is 0 Å². The van der Waals surface area contributed by atoms with E-state index in [1.165, 1.54) is 0 Å². The van der Waals surface area contributed by atoms with Gasteiger partial charge in [-0.15, -0.1) is 0 Å². The van der Waals surface area contributed by atoms with Gasteiger partial charge in [-0.3, -0.25) is 9.59 Å². The third-order valence-electron chi connectivity index (χ3n) is 5.39. The summed E-state index contributed by atoms with van der Waals surface area (Å²) in [7, 11) is 0. The van der Waals surface area contributed by atoms with E-state index in [4.69, 9.17) is 0 Å². The Morgan fingerprint density at radius 3 is 2.26 bits per heavy atom. The topological polar surface area (TPSA) is 61.4 Å². The van der Waals surface area contributed by atoms with E-state index in [0.717, 1.165) is 57.5 Å². The average Bonchev–Trinajstić information content (AvgIpc) is 2.68. The lowest BCUT2D eigenvalue weighted by molar-refractivity contribution is -0.117. The number of carbonyl (C=O) groups is 2. The summed E-state index contributed by atoms with van der Waals surface area (Å²) in [6, 6.07) is 7.28. The molecule has 0 radical (unpaired) electrons. The van der Waals surface area contributed by atoms with Crippen LogP contribution >= 0.6 is 0 Å². The van der Waals surface area contributed by atoms with Crippen molar-refractivity contribution in [2.45, 2.75) is 52.9 Å². The van der Waals surface area contributed by atoms with Gasteiger partial charge in [-0.2, -0.15) is 0 Å². The maximum atomic E-state index is 12.6. The smallest absolute Gasteiger partial charge is 0.253 e. The minimum atomic E-state index is 0.0544. The van der Waals surface area contributed by atoms with Crippen molar-refractivity contribution in [2.24, 2.45) is 11.8 Å². The maximum Gasteiger partial charge on any atom is 0.253 e. The van der Waals surface area contributed by atoms with Gasteiger partial charge in [0.2, 0.25) is 5.91 Å². The van der Waals surface area contributed by atoms with Gasteiger partial charge in [0.05, 0.1) is 0 Å². The van der Waals surface area contributed by atoms with E-state index in [1.54, 1.807) is 0 Å². The number of carbonyl (C=O) groups excluding carboxylic acids is 2. The predicted octanol–water partition coefficient (Wildman–Crippen LogP) is 3.91. The fourth-order valence-corrected chi connectivity index (χ4v) is 3.82. The molecular weight excluding hydrogens is 338 g/mol. The van der Waals surface area contributed by atoms with Crippen LogP contribution in [0.4, 0.5) is 5.69 Å². The molecule has 1 saturated heterocycles. The molecule has 0 aromatic heterocycles. The summed E-state index contributed by atoms with van der Waals surface area (Å²) in [6.07, 6.45) is 4.75. The van der Waals surface area contributed by atoms with Gasteiger partial charge in [-0.05, 0) is 74.9 Å². The van der Waals surface area contributed by atoms with Crippen LogP contribution in [0.3, 0.4) is 0 Å². The second-order valence-electron chi connectivity index (χ2n) is 7.69. The first-order valence-electron chi connectivity index (χ1n) is 10.4. The molecule has 0 aliphatic carbocycles. The van der Waals surface area contributed by atoms with Crippen molar-refractivity contribution in [3.05, 3.63) is 29.8 Å². The molecule has 0 saturated carbocycles. The normalized spacial score (nSPS) is 16.0. The molecule has 27 heavy (non-hydrogen) atoms. The highest BCUT2D eigenvalue weighted by atomic mass is 16.2. The van der Waals surface area contributed by atoms with Crippen molar-refractivity contribution >= 4 is 17.5 Å². The van der Waals surface area contributed by atoms with E-state index < -0.39 is 0 Å². The minimum absolute atomic E-state index is 0.0544. The Morgan fingerprint density at radius 1 is 1.11 bits per heavy atom. The molecule has 1 heterocycles. The van der Waals surface area contributed by atoms with Gasteiger partial charge < -0.3 is 15.5 Å². The summed E-state index contributed by atoms with van der Waals surface area (Å²) < 4.78 is 0. The number of anilines is 1. The Labute approximate surface area is 163 Å². The van der Waals surface area contributed by atoms with Crippen molar-refractivity contribution < 1.29 is 9.59 Å². The van der Waals surface area contributed by atoms with Gasteiger partial charge in [-0.25, -0.2) is 0 Å². The molecule has 0 spiro atoms. The number of hydrogen-bond acceptors (Lipinski definition) is 3. The van der Waals surface area contributed by atoms with Crippen LogP contribution in [-0.4, -0.2) is 42.9 Å². The molecule has 1 aliphatic heterocycles. The second-order valence-corrected chi connectivity index (χ2v) is 7.69. The number of nitrogens with zero attached hydrogens (tertiary/aromatic N) is 1. The third-order valence-corrected chi connectivity index (χ3v) is 5.39. The molecule has 1 aromatic carbocycles. The lowest BCUT2D eigenvalue weighted by Crippen LogP contribution is -2.32. The Hall–Kier alpha value is -1.88. The monoisotopic (exact) mass is 373 g/mol. The first-order valence-corrected chi connectivity index (χ1v) is 10.4. The van der Waals surface area contributed by atoms with Crippen molar-refractivity contribution in [2.75, 3.05) is 31.5 Å². The molecule has 1 atom stereocenters. The van der Waals surface area contributed by atoms with Crippen LogP contribution in [0.1, 0.15) is 63.2 Å². The Kier molecular flexibility index (Phi) is 8.79. The quantitative estimate of drug-likeness (QED) is 0.690. The second kappa shape index (κ2) is 11.1. The largest absolute Gasteiger partial charge is 0.339 e. The fourth-order valence-electron chi connectivity index (χ4n) is 3.82. The summed E-state index contributed by atoms with van der Waals surface area (Å²) in [5.74, 6) is 1.14. The third kappa shape index (κ3) is 6.65. The molecule has 150 valence electrons. The fraction of sp³-hybridized carbons (Fsp3) is 0.636. The molecule has 2 rings (SSSR count). The summed E-state index contributed by atoms with van der Waals surface area (Å²) in [5, 5.41) is 6.35. The summed E-state index contributed by atoms with van der Waals surface area (Å²) in [5.41, 5.74) is 1.43. The molecule has 1 fully saturated rings. The number of nitrogens with one attached hydrogen (secondary N) is 2. The van der Waals surface area contributed by atoms with Crippen LogP contribution in [0.2, 0.25) is 0 Å². The van der Waals surface area contributed by atoms with Gasteiger partial charge in [-0.1, -0.05) is 20.8 Å². The molecule has 2 amide bonds. The standard InChI is InChI=1S/C22H35N3O2/c1-4-14-25(15-5-2)22(27)19-6-8-20(9-7-19)24-21(26)16-17(3)18-10-12-23-13-11-18/h6-9,17-18,23H,4-5,10-16H2,1-3H3,(H,24,26). The summed E-state index contributed by atoms with van der Waals surface area (Å²) in [6.45, 7) is 10.0. The van der Waals surface area contributed by atoms with E-state index in [2.05, 4.69) is 31.4 Å². The van der Waals surface area contributed by atoms with E-state index in [1.807, 2.05) is 29.2 Å². The molecule has 5 nitrogen and oxygen atoms in total. The van der Waals surface area contributed by atoms with Crippen LogP contribution in [0.5, 0.6) is 0 Å². The molecule has 0 bridgehead atoms. The average molecular weight is 374 g/mol. The van der Waals surface area contributed by atoms with Gasteiger partial charge in [0, 0.05) is 30.8 Å². The Morgan fingerprint density at radius 2 is 1.70 bits per heavy atom. The Balaban J connectivity index is 1.88. The number of rotatable bonds is 9. The molecular formula is C22H35N3O2. The molecule has 1 aliphatic rings. The molecule has 2 N–H and O–H groups in total. The van der Waals surface area contributed by atoms with E-state index in [-0.39, 0.29) is 11.8 Å². The van der Waals surface area contributed by atoms with E-state index >= 15 is 0 Å². The highest BCUT2D eigenvalue weighted by molar-refractivity contribution is 5.95. The predicted molar refractivity (Wildman–Crippen MR) is 111 cm³/mol. The van der Waals surface area contributed by atoms with Gasteiger partial charge >= 0.3 is 0 Å². The number of amides is 2. The van der Waals surface area contributed by atoms with Crippen LogP contribution in [0, 0.1) is 11.8 Å². The lowest BCUT2D eigenvalue weighted by atomic mass is 9.84. The zero-order chi connectivity index (χ0) is 19.6.